The van der Waals surface area contributed by atoms with Gasteiger partial charge in [-0.05, 0) is 74.4 Å². The van der Waals surface area contributed by atoms with E-state index < -0.39 is 0 Å². The third-order valence-electron chi connectivity index (χ3n) is 5.40. The lowest BCUT2D eigenvalue weighted by molar-refractivity contribution is 0.414. The van der Waals surface area contributed by atoms with Gasteiger partial charge in [-0.3, -0.25) is 9.98 Å². The Morgan fingerprint density at radius 2 is 2.07 bits per heavy atom. The number of nitrogens with two attached hydrogens (primary N) is 1. The van der Waals surface area contributed by atoms with Gasteiger partial charge in [0.05, 0.1) is 23.8 Å². The standard InChI is InChI=1S/C23H27FN4/c1-3-17(26-2)10-5-4-6-11-19-18(16-8-7-9-16)12-13-20(23(19)24)21-14-28-22(25)15-27-21/h3,10,12-16H,1-2,4-9,11H2,(H2,25,28)/b17-10-. The zero-order valence-electron chi connectivity index (χ0n) is 16.2. The molecule has 2 aromatic rings. The van der Waals surface area contributed by atoms with Crippen LogP contribution in [0, 0.1) is 5.82 Å². The monoisotopic (exact) mass is 378 g/mol. The molecule has 0 aliphatic heterocycles. The fraction of sp³-hybridized carbons (Fsp3) is 0.348. The number of allylic oxidation sites excluding steroid dienone is 2. The summed E-state index contributed by atoms with van der Waals surface area (Å²) < 4.78 is 15.4. The lowest BCUT2D eigenvalue weighted by Gasteiger charge is -2.28. The molecule has 1 aromatic heterocycles. The van der Waals surface area contributed by atoms with Crippen LogP contribution in [0.1, 0.15) is 55.6 Å². The van der Waals surface area contributed by atoms with E-state index in [2.05, 4.69) is 34.3 Å². The second-order valence-corrected chi connectivity index (χ2v) is 7.19. The third kappa shape index (κ3) is 4.53. The van der Waals surface area contributed by atoms with Gasteiger partial charge in [0, 0.05) is 5.56 Å². The molecule has 2 N–H and O–H groups in total. The minimum Gasteiger partial charge on any atom is -0.382 e. The number of nitrogens with zero attached hydrogens (tertiary/aromatic N) is 3. The summed E-state index contributed by atoms with van der Waals surface area (Å²) in [7, 11) is 0. The second-order valence-electron chi connectivity index (χ2n) is 7.19. The first-order chi connectivity index (χ1) is 13.6. The number of hydrogen-bond donors (Lipinski definition) is 1. The van der Waals surface area contributed by atoms with Crippen molar-refractivity contribution in [1.29, 1.82) is 0 Å². The van der Waals surface area contributed by atoms with E-state index in [4.69, 9.17) is 5.73 Å². The Bertz CT molecular complexity index is 857. The summed E-state index contributed by atoms with van der Waals surface area (Å²) in [6, 6.07) is 3.91. The Kier molecular flexibility index (Phi) is 6.69. The predicted molar refractivity (Wildman–Crippen MR) is 114 cm³/mol. The van der Waals surface area contributed by atoms with Crippen molar-refractivity contribution in [2.75, 3.05) is 5.73 Å². The van der Waals surface area contributed by atoms with Gasteiger partial charge in [0.1, 0.15) is 11.6 Å². The summed E-state index contributed by atoms with van der Waals surface area (Å²) in [5.74, 6) is 0.642. The number of benzene rings is 1. The Morgan fingerprint density at radius 1 is 1.25 bits per heavy atom. The zero-order valence-corrected chi connectivity index (χ0v) is 16.2. The lowest BCUT2D eigenvalue weighted by Crippen LogP contribution is -2.13. The van der Waals surface area contributed by atoms with Crippen molar-refractivity contribution in [2.45, 2.75) is 50.9 Å². The molecule has 0 bridgehead atoms. The topological polar surface area (TPSA) is 64.2 Å². The molecule has 1 heterocycles. The van der Waals surface area contributed by atoms with E-state index in [-0.39, 0.29) is 5.82 Å². The smallest absolute Gasteiger partial charge is 0.141 e. The summed E-state index contributed by atoms with van der Waals surface area (Å²) >= 11 is 0. The first-order valence-electron chi connectivity index (χ1n) is 9.82. The Hall–Kier alpha value is -2.82. The maximum atomic E-state index is 15.4. The van der Waals surface area contributed by atoms with Gasteiger partial charge >= 0.3 is 0 Å². The Morgan fingerprint density at radius 3 is 2.68 bits per heavy atom. The van der Waals surface area contributed by atoms with Crippen molar-refractivity contribution in [3.05, 3.63) is 65.9 Å². The largest absolute Gasteiger partial charge is 0.382 e. The minimum atomic E-state index is -0.168. The van der Waals surface area contributed by atoms with Gasteiger partial charge in [0.25, 0.3) is 0 Å². The molecule has 1 aliphatic rings. The number of nitrogen functional groups attached to an aromatic ring is 1. The molecule has 146 valence electrons. The van der Waals surface area contributed by atoms with Crippen molar-refractivity contribution in [1.82, 2.24) is 9.97 Å². The molecule has 0 atom stereocenters. The van der Waals surface area contributed by atoms with E-state index in [1.54, 1.807) is 6.08 Å². The number of hydrogen-bond acceptors (Lipinski definition) is 4. The highest BCUT2D eigenvalue weighted by atomic mass is 19.1. The van der Waals surface area contributed by atoms with Crippen molar-refractivity contribution >= 4 is 12.5 Å². The highest BCUT2D eigenvalue weighted by molar-refractivity contribution is 5.62. The van der Waals surface area contributed by atoms with Crippen molar-refractivity contribution in [3.63, 3.8) is 0 Å². The van der Waals surface area contributed by atoms with Crippen LogP contribution in [-0.2, 0) is 6.42 Å². The molecule has 0 amide bonds. The van der Waals surface area contributed by atoms with Crippen LogP contribution in [0.3, 0.4) is 0 Å². The molecule has 28 heavy (non-hydrogen) atoms. The van der Waals surface area contributed by atoms with Gasteiger partial charge in [0.2, 0.25) is 0 Å². The Balaban J connectivity index is 1.79. The molecule has 4 nitrogen and oxygen atoms in total. The predicted octanol–water partition coefficient (Wildman–Crippen LogP) is 5.62. The van der Waals surface area contributed by atoms with Gasteiger partial charge < -0.3 is 5.73 Å². The fourth-order valence-corrected chi connectivity index (χ4v) is 3.58. The van der Waals surface area contributed by atoms with Crippen LogP contribution in [0.25, 0.3) is 11.3 Å². The van der Waals surface area contributed by atoms with E-state index in [1.807, 2.05) is 12.1 Å². The van der Waals surface area contributed by atoms with E-state index in [9.17, 15) is 0 Å². The molecule has 1 aromatic carbocycles. The maximum absolute atomic E-state index is 15.4. The Labute approximate surface area is 166 Å². The average molecular weight is 378 g/mol. The number of halogens is 1. The lowest BCUT2D eigenvalue weighted by atomic mass is 9.77. The third-order valence-corrected chi connectivity index (χ3v) is 5.40. The van der Waals surface area contributed by atoms with Gasteiger partial charge in [-0.1, -0.05) is 25.1 Å². The fourth-order valence-electron chi connectivity index (χ4n) is 3.58. The minimum absolute atomic E-state index is 0.168. The number of aromatic nitrogens is 2. The van der Waals surface area contributed by atoms with E-state index >= 15 is 4.39 Å². The first kappa shape index (κ1) is 19.9. The van der Waals surface area contributed by atoms with Crippen LogP contribution in [0.4, 0.5) is 10.2 Å². The molecule has 0 radical (unpaired) electrons. The van der Waals surface area contributed by atoms with Crippen LogP contribution in [0.2, 0.25) is 0 Å². The van der Waals surface area contributed by atoms with Gasteiger partial charge in [0.15, 0.2) is 0 Å². The second kappa shape index (κ2) is 9.40. The molecular weight excluding hydrogens is 351 g/mol. The summed E-state index contributed by atoms with van der Waals surface area (Å²) in [6.45, 7) is 7.23. The molecule has 5 heteroatoms. The molecule has 1 fully saturated rings. The summed E-state index contributed by atoms with van der Waals surface area (Å²) in [5.41, 5.74) is 9.41. The maximum Gasteiger partial charge on any atom is 0.141 e. The summed E-state index contributed by atoms with van der Waals surface area (Å²) in [5, 5.41) is 0. The highest BCUT2D eigenvalue weighted by Crippen LogP contribution is 2.40. The van der Waals surface area contributed by atoms with E-state index in [1.165, 1.54) is 18.8 Å². The number of aliphatic imine (C=N–C) groups is 1. The molecule has 1 saturated carbocycles. The SMILES string of the molecule is C=C/C(=C/CCCCc1c(C2CCC2)ccc(-c2cnc(N)cn2)c1F)N=C. The highest BCUT2D eigenvalue weighted by Gasteiger charge is 2.25. The van der Waals surface area contributed by atoms with Gasteiger partial charge in [-0.25, -0.2) is 9.37 Å². The zero-order chi connectivity index (χ0) is 19.9. The van der Waals surface area contributed by atoms with Crippen molar-refractivity contribution in [3.8, 4) is 11.3 Å². The molecule has 1 aliphatic carbocycles. The van der Waals surface area contributed by atoms with Crippen LogP contribution in [-0.4, -0.2) is 16.7 Å². The molecule has 3 rings (SSSR count). The van der Waals surface area contributed by atoms with Crippen molar-refractivity contribution < 1.29 is 4.39 Å². The number of rotatable bonds is 9. The quantitative estimate of drug-likeness (QED) is 0.350. The van der Waals surface area contributed by atoms with Gasteiger partial charge in [-0.15, -0.1) is 0 Å². The summed E-state index contributed by atoms with van der Waals surface area (Å²) in [4.78, 5) is 12.2. The number of anilines is 1. The molecule has 0 unspecified atom stereocenters. The first-order valence-corrected chi connectivity index (χ1v) is 9.82. The van der Waals surface area contributed by atoms with Crippen molar-refractivity contribution in [2.24, 2.45) is 4.99 Å². The van der Waals surface area contributed by atoms with Crippen LogP contribution in [0.5, 0.6) is 0 Å². The molecule has 0 spiro atoms. The number of unbranched alkanes of at least 4 members (excludes halogenated alkanes) is 2. The van der Waals surface area contributed by atoms with E-state index in [0.29, 0.717) is 29.4 Å². The molecule has 0 saturated heterocycles. The van der Waals surface area contributed by atoms with Crippen LogP contribution >= 0.6 is 0 Å². The van der Waals surface area contributed by atoms with Crippen LogP contribution in [0.15, 0.2) is 53.9 Å². The van der Waals surface area contributed by atoms with Gasteiger partial charge in [-0.2, -0.15) is 0 Å². The van der Waals surface area contributed by atoms with Crippen LogP contribution < -0.4 is 5.73 Å². The average Bonchev–Trinajstić information content (AvgIpc) is 2.66. The summed E-state index contributed by atoms with van der Waals surface area (Å²) in [6.07, 6.45) is 13.7. The normalized spacial score (nSPS) is 14.5. The van der Waals surface area contributed by atoms with E-state index in [0.717, 1.165) is 48.9 Å². The molecular formula is C23H27FN4.